The zero-order chi connectivity index (χ0) is 19.9. The molecule has 6 heterocycles. The Balaban J connectivity index is 1.69. The monoisotopic (exact) mass is 387 g/mol. The summed E-state index contributed by atoms with van der Waals surface area (Å²) in [6, 6.07) is 18.5. The summed E-state index contributed by atoms with van der Waals surface area (Å²) in [6.07, 6.45) is 11.7. The smallest absolute Gasteiger partial charge is 0.0659 e. The van der Waals surface area contributed by atoms with Gasteiger partial charge in [-0.3, -0.25) is 4.98 Å². The number of hydrogen-bond donors (Lipinski definition) is 2. The number of H-pyrrole nitrogens is 2. The highest BCUT2D eigenvalue weighted by molar-refractivity contribution is 5.87. The van der Waals surface area contributed by atoms with E-state index in [1.54, 1.807) is 6.20 Å². The van der Waals surface area contributed by atoms with Gasteiger partial charge in [0.1, 0.15) is 0 Å². The standard InChI is InChI=1S/C25H17N5/c1-2-16(15-26-9-1)24-13-23-12-21-6-5-19(28-21)10-17-3-4-18(27-17)11-20-7-8-22(29-20)14-25(24)30-23/h1-15,28,30H. The van der Waals surface area contributed by atoms with Crippen molar-refractivity contribution in [1.29, 1.82) is 0 Å². The summed E-state index contributed by atoms with van der Waals surface area (Å²) in [5.74, 6) is 0. The van der Waals surface area contributed by atoms with Crippen molar-refractivity contribution in [2.24, 2.45) is 0 Å². The fourth-order valence-electron chi connectivity index (χ4n) is 3.78. The molecule has 5 heteroatoms. The number of aromatic amines is 2. The number of rotatable bonds is 1. The van der Waals surface area contributed by atoms with E-state index in [1.165, 1.54) is 0 Å². The summed E-state index contributed by atoms with van der Waals surface area (Å²) in [6.45, 7) is 0. The van der Waals surface area contributed by atoms with Crippen LogP contribution in [0.5, 0.6) is 0 Å². The second-order valence-corrected chi connectivity index (χ2v) is 7.33. The first-order valence-corrected chi connectivity index (χ1v) is 9.77. The number of pyridine rings is 1. The predicted molar refractivity (Wildman–Crippen MR) is 122 cm³/mol. The molecule has 8 bridgehead atoms. The maximum absolute atomic E-state index is 4.74. The Hall–Kier alpha value is -4.25. The Bertz CT molecular complexity index is 1490. The van der Waals surface area contributed by atoms with Crippen LogP contribution in [0.15, 0.2) is 67.0 Å². The molecule has 2 aliphatic heterocycles. The average Bonchev–Trinajstić information content (AvgIpc) is 3.53. The van der Waals surface area contributed by atoms with Crippen LogP contribution in [0.2, 0.25) is 0 Å². The fourth-order valence-corrected chi connectivity index (χ4v) is 3.78. The molecule has 0 amide bonds. The van der Waals surface area contributed by atoms with E-state index in [9.17, 15) is 0 Å². The molecule has 5 nitrogen and oxygen atoms in total. The van der Waals surface area contributed by atoms with Crippen molar-refractivity contribution >= 4 is 46.4 Å². The largest absolute Gasteiger partial charge is 0.355 e. The van der Waals surface area contributed by atoms with Crippen LogP contribution in [0, 0.1) is 0 Å². The molecule has 0 radical (unpaired) electrons. The molecule has 2 aliphatic rings. The van der Waals surface area contributed by atoms with Gasteiger partial charge in [-0.15, -0.1) is 0 Å². The average molecular weight is 387 g/mol. The van der Waals surface area contributed by atoms with Gasteiger partial charge in [-0.1, -0.05) is 6.07 Å². The molecule has 0 spiro atoms. The van der Waals surface area contributed by atoms with Crippen LogP contribution in [0.25, 0.3) is 57.5 Å². The third-order valence-electron chi connectivity index (χ3n) is 5.14. The molecule has 0 saturated heterocycles. The normalized spacial score (nSPS) is 12.4. The van der Waals surface area contributed by atoms with Gasteiger partial charge in [0.25, 0.3) is 0 Å². The summed E-state index contributed by atoms with van der Waals surface area (Å²) in [7, 11) is 0. The first-order chi connectivity index (χ1) is 14.8. The molecule has 0 fully saturated rings. The fraction of sp³-hybridized carbons (Fsp3) is 0. The first kappa shape index (κ1) is 16.7. The topological polar surface area (TPSA) is 70.2 Å². The highest BCUT2D eigenvalue weighted by atomic mass is 14.8. The first-order valence-electron chi connectivity index (χ1n) is 9.77. The van der Waals surface area contributed by atoms with E-state index in [2.05, 4.69) is 56.3 Å². The lowest BCUT2D eigenvalue weighted by molar-refractivity contribution is 1.28. The SMILES string of the molecule is C1=Cc2cc3ccc(cc4cc(-c5cccnc5)c(cc5nc(cc1n2)C=C5)[nH]4)[nH]3. The lowest BCUT2D eigenvalue weighted by Gasteiger charge is -1.96. The van der Waals surface area contributed by atoms with Gasteiger partial charge in [-0.2, -0.15) is 0 Å². The van der Waals surface area contributed by atoms with Gasteiger partial charge in [0.15, 0.2) is 0 Å². The van der Waals surface area contributed by atoms with Crippen molar-refractivity contribution in [2.75, 3.05) is 0 Å². The van der Waals surface area contributed by atoms with Gasteiger partial charge in [-0.25, -0.2) is 9.97 Å². The number of nitrogens with zero attached hydrogens (tertiary/aromatic N) is 3. The Morgan fingerprint density at radius 1 is 0.600 bits per heavy atom. The van der Waals surface area contributed by atoms with Crippen molar-refractivity contribution in [1.82, 2.24) is 24.9 Å². The zero-order valence-corrected chi connectivity index (χ0v) is 16.0. The number of fused-ring (bicyclic) bond motifs is 8. The predicted octanol–water partition coefficient (Wildman–Crippen LogP) is 5.72. The van der Waals surface area contributed by atoms with Crippen LogP contribution in [0.1, 0.15) is 22.8 Å². The molecular formula is C25H17N5. The molecule has 2 N–H and O–H groups in total. The van der Waals surface area contributed by atoms with Crippen LogP contribution in [-0.2, 0) is 0 Å². The van der Waals surface area contributed by atoms with Crippen molar-refractivity contribution in [3.63, 3.8) is 0 Å². The van der Waals surface area contributed by atoms with E-state index in [4.69, 9.17) is 4.98 Å². The molecule has 4 aromatic rings. The van der Waals surface area contributed by atoms with Crippen LogP contribution in [-0.4, -0.2) is 24.9 Å². The van der Waals surface area contributed by atoms with Crippen molar-refractivity contribution in [3.05, 3.63) is 89.8 Å². The molecule has 30 heavy (non-hydrogen) atoms. The van der Waals surface area contributed by atoms with Crippen LogP contribution < -0.4 is 0 Å². The zero-order valence-electron chi connectivity index (χ0n) is 16.0. The second kappa shape index (κ2) is 6.67. The molecule has 0 atom stereocenters. The molecule has 0 aromatic carbocycles. The summed E-state index contributed by atoms with van der Waals surface area (Å²) in [4.78, 5) is 20.7. The van der Waals surface area contributed by atoms with E-state index < -0.39 is 0 Å². The van der Waals surface area contributed by atoms with Crippen molar-refractivity contribution in [3.8, 4) is 11.1 Å². The maximum Gasteiger partial charge on any atom is 0.0659 e. The minimum Gasteiger partial charge on any atom is -0.355 e. The summed E-state index contributed by atoms with van der Waals surface area (Å²) in [5.41, 5.74) is 9.79. The minimum absolute atomic E-state index is 0.890. The third kappa shape index (κ3) is 3.12. The van der Waals surface area contributed by atoms with Gasteiger partial charge in [0, 0.05) is 45.6 Å². The lowest BCUT2D eigenvalue weighted by atomic mass is 10.1. The maximum atomic E-state index is 4.74. The van der Waals surface area contributed by atoms with Crippen molar-refractivity contribution < 1.29 is 0 Å². The minimum atomic E-state index is 0.890. The van der Waals surface area contributed by atoms with Gasteiger partial charge >= 0.3 is 0 Å². The summed E-state index contributed by atoms with van der Waals surface area (Å²) >= 11 is 0. The number of hydrogen-bond acceptors (Lipinski definition) is 3. The van der Waals surface area contributed by atoms with E-state index in [1.807, 2.05) is 48.7 Å². The van der Waals surface area contributed by atoms with E-state index in [0.717, 1.165) is 56.0 Å². The molecule has 6 rings (SSSR count). The van der Waals surface area contributed by atoms with Crippen LogP contribution in [0.3, 0.4) is 0 Å². The number of nitrogens with one attached hydrogen (secondary N) is 2. The van der Waals surface area contributed by atoms with Gasteiger partial charge in [-0.05, 0) is 72.8 Å². The Morgan fingerprint density at radius 2 is 1.30 bits per heavy atom. The molecular weight excluding hydrogens is 370 g/mol. The van der Waals surface area contributed by atoms with E-state index >= 15 is 0 Å². The molecule has 0 saturated carbocycles. The third-order valence-corrected chi connectivity index (χ3v) is 5.14. The van der Waals surface area contributed by atoms with E-state index in [-0.39, 0.29) is 0 Å². The molecule has 0 aliphatic carbocycles. The lowest BCUT2D eigenvalue weighted by Crippen LogP contribution is -1.79. The molecule has 4 aromatic heterocycles. The Labute approximate surface area is 172 Å². The summed E-state index contributed by atoms with van der Waals surface area (Å²) < 4.78 is 0. The van der Waals surface area contributed by atoms with E-state index in [0.29, 0.717) is 0 Å². The number of aromatic nitrogens is 5. The summed E-state index contributed by atoms with van der Waals surface area (Å²) in [5, 5.41) is 0. The van der Waals surface area contributed by atoms with Gasteiger partial charge in [0.2, 0.25) is 0 Å². The van der Waals surface area contributed by atoms with Crippen LogP contribution >= 0.6 is 0 Å². The Morgan fingerprint density at radius 3 is 2.03 bits per heavy atom. The van der Waals surface area contributed by atoms with Crippen molar-refractivity contribution in [2.45, 2.75) is 0 Å². The second-order valence-electron chi connectivity index (χ2n) is 7.33. The Kier molecular flexibility index (Phi) is 3.71. The highest BCUT2D eigenvalue weighted by Crippen LogP contribution is 2.27. The van der Waals surface area contributed by atoms with Crippen LogP contribution in [0.4, 0.5) is 0 Å². The quantitative estimate of drug-likeness (QED) is 0.379. The highest BCUT2D eigenvalue weighted by Gasteiger charge is 2.07. The van der Waals surface area contributed by atoms with Gasteiger partial charge in [0.05, 0.1) is 22.8 Å². The molecule has 142 valence electrons. The molecule has 0 unspecified atom stereocenters. The van der Waals surface area contributed by atoms with Gasteiger partial charge < -0.3 is 9.97 Å².